The second-order valence-electron chi connectivity index (χ2n) is 3.73. The van der Waals surface area contributed by atoms with Crippen molar-refractivity contribution in [1.82, 2.24) is 0 Å². The van der Waals surface area contributed by atoms with Crippen molar-refractivity contribution in [2.24, 2.45) is 11.8 Å². The Kier molecular flexibility index (Phi) is 4.00. The van der Waals surface area contributed by atoms with Gasteiger partial charge in [-0.25, -0.2) is 0 Å². The molecular weight excluding hydrogens is 164 g/mol. The predicted octanol–water partition coefficient (Wildman–Crippen LogP) is 2.54. The van der Waals surface area contributed by atoms with E-state index in [1.54, 1.807) is 0 Å². The lowest BCUT2D eigenvalue weighted by Crippen LogP contribution is -2.23. The fourth-order valence-electron chi connectivity index (χ4n) is 1.86. The molecule has 0 radical (unpaired) electrons. The van der Waals surface area contributed by atoms with Gasteiger partial charge < -0.3 is 4.74 Å². The van der Waals surface area contributed by atoms with E-state index in [2.05, 4.69) is 19.1 Å². The topological polar surface area (TPSA) is 26.3 Å². The van der Waals surface area contributed by atoms with Gasteiger partial charge in [-0.3, -0.25) is 4.79 Å². The molecule has 1 aliphatic carbocycles. The third kappa shape index (κ3) is 2.87. The van der Waals surface area contributed by atoms with Crippen molar-refractivity contribution in [3.8, 4) is 0 Å². The third-order valence-electron chi connectivity index (χ3n) is 2.79. The fraction of sp³-hybridized carbons (Fsp3) is 0.727. The first-order valence-electron chi connectivity index (χ1n) is 4.98. The molecule has 0 bridgehead atoms. The van der Waals surface area contributed by atoms with Crippen molar-refractivity contribution in [3.05, 3.63) is 12.2 Å². The third-order valence-corrected chi connectivity index (χ3v) is 2.79. The van der Waals surface area contributed by atoms with Crippen molar-refractivity contribution in [2.45, 2.75) is 32.6 Å². The molecule has 1 aliphatic rings. The molecule has 0 N–H and O–H groups in total. The van der Waals surface area contributed by atoms with E-state index in [1.807, 2.05) is 0 Å². The van der Waals surface area contributed by atoms with Crippen LogP contribution < -0.4 is 0 Å². The van der Waals surface area contributed by atoms with Gasteiger partial charge in [0, 0.05) is 0 Å². The minimum Gasteiger partial charge on any atom is -0.469 e. The van der Waals surface area contributed by atoms with E-state index < -0.39 is 0 Å². The SMILES string of the molecule is COC(=O)[C@H]1CC/C=C\CC[C@@H]1C. The molecule has 1 rings (SSSR count). The Bertz CT molecular complexity index is 196. The second-order valence-corrected chi connectivity index (χ2v) is 3.73. The maximum atomic E-state index is 11.4. The highest BCUT2D eigenvalue weighted by Crippen LogP contribution is 2.25. The van der Waals surface area contributed by atoms with Gasteiger partial charge in [0.15, 0.2) is 0 Å². The minimum atomic E-state index is -0.0391. The normalized spacial score (nSPS) is 31.5. The molecule has 0 spiro atoms. The second kappa shape index (κ2) is 5.05. The maximum Gasteiger partial charge on any atom is 0.308 e. The van der Waals surface area contributed by atoms with Crippen LogP contribution in [0.5, 0.6) is 0 Å². The molecule has 0 aromatic rings. The van der Waals surface area contributed by atoms with Gasteiger partial charge in [-0.15, -0.1) is 0 Å². The molecule has 2 heteroatoms. The average molecular weight is 182 g/mol. The fourth-order valence-corrected chi connectivity index (χ4v) is 1.86. The summed E-state index contributed by atoms with van der Waals surface area (Å²) in [6.45, 7) is 2.14. The first-order valence-corrected chi connectivity index (χ1v) is 4.98. The van der Waals surface area contributed by atoms with Gasteiger partial charge in [0.1, 0.15) is 0 Å². The summed E-state index contributed by atoms with van der Waals surface area (Å²) in [6.07, 6.45) is 8.51. The van der Waals surface area contributed by atoms with Crippen molar-refractivity contribution in [1.29, 1.82) is 0 Å². The van der Waals surface area contributed by atoms with Gasteiger partial charge in [-0.05, 0) is 31.6 Å². The van der Waals surface area contributed by atoms with E-state index in [-0.39, 0.29) is 11.9 Å². The molecule has 0 saturated carbocycles. The van der Waals surface area contributed by atoms with Crippen molar-refractivity contribution in [2.75, 3.05) is 7.11 Å². The van der Waals surface area contributed by atoms with Crippen LogP contribution in [0.15, 0.2) is 12.2 Å². The minimum absolute atomic E-state index is 0.0391. The summed E-state index contributed by atoms with van der Waals surface area (Å²) in [5.41, 5.74) is 0. The maximum absolute atomic E-state index is 11.4. The van der Waals surface area contributed by atoms with Crippen LogP contribution in [-0.2, 0) is 9.53 Å². The Hall–Kier alpha value is -0.790. The summed E-state index contributed by atoms with van der Waals surface area (Å²) < 4.78 is 4.79. The van der Waals surface area contributed by atoms with E-state index >= 15 is 0 Å². The van der Waals surface area contributed by atoms with Gasteiger partial charge in [0.2, 0.25) is 0 Å². The molecule has 0 heterocycles. The van der Waals surface area contributed by atoms with E-state index in [0.29, 0.717) is 5.92 Å². The number of hydrogen-bond acceptors (Lipinski definition) is 2. The van der Waals surface area contributed by atoms with Crippen LogP contribution in [0.2, 0.25) is 0 Å². The van der Waals surface area contributed by atoms with Gasteiger partial charge in [-0.2, -0.15) is 0 Å². The monoisotopic (exact) mass is 182 g/mol. The lowest BCUT2D eigenvalue weighted by Gasteiger charge is -2.22. The van der Waals surface area contributed by atoms with Gasteiger partial charge >= 0.3 is 5.97 Å². The number of rotatable bonds is 1. The average Bonchev–Trinajstić information content (AvgIpc) is 2.11. The van der Waals surface area contributed by atoms with Gasteiger partial charge in [0.05, 0.1) is 13.0 Å². The zero-order chi connectivity index (χ0) is 9.68. The van der Waals surface area contributed by atoms with E-state index in [4.69, 9.17) is 4.74 Å². The summed E-state index contributed by atoms with van der Waals surface area (Å²) in [6, 6.07) is 0. The molecule has 0 fully saturated rings. The van der Waals surface area contributed by atoms with Crippen molar-refractivity contribution >= 4 is 5.97 Å². The zero-order valence-corrected chi connectivity index (χ0v) is 8.45. The quantitative estimate of drug-likeness (QED) is 0.460. The lowest BCUT2D eigenvalue weighted by molar-refractivity contribution is -0.147. The molecule has 0 unspecified atom stereocenters. The van der Waals surface area contributed by atoms with E-state index in [0.717, 1.165) is 25.7 Å². The largest absolute Gasteiger partial charge is 0.469 e. The van der Waals surface area contributed by atoms with Crippen LogP contribution in [0.25, 0.3) is 0 Å². The standard InChI is InChI=1S/C11H18O2/c1-9-7-5-3-4-6-8-10(9)11(12)13-2/h3-4,9-10H,5-8H2,1-2H3/b4-3-/t9-,10-/m0/s1. The Balaban J connectivity index is 2.58. The van der Waals surface area contributed by atoms with Crippen LogP contribution in [0.4, 0.5) is 0 Å². The molecule has 0 aromatic carbocycles. The van der Waals surface area contributed by atoms with Crippen molar-refractivity contribution in [3.63, 3.8) is 0 Å². The molecule has 0 aromatic heterocycles. The molecular formula is C11H18O2. The summed E-state index contributed by atoms with van der Waals surface area (Å²) in [7, 11) is 1.48. The van der Waals surface area contributed by atoms with Crippen LogP contribution in [0.1, 0.15) is 32.6 Å². The summed E-state index contributed by atoms with van der Waals surface area (Å²) in [5.74, 6) is 0.523. The Morgan fingerprint density at radius 2 is 1.92 bits per heavy atom. The highest BCUT2D eigenvalue weighted by molar-refractivity contribution is 5.72. The molecule has 13 heavy (non-hydrogen) atoms. The zero-order valence-electron chi connectivity index (χ0n) is 8.45. The van der Waals surface area contributed by atoms with Crippen LogP contribution >= 0.6 is 0 Å². The van der Waals surface area contributed by atoms with Crippen LogP contribution in [-0.4, -0.2) is 13.1 Å². The number of ether oxygens (including phenoxy) is 1. The van der Waals surface area contributed by atoms with E-state index in [9.17, 15) is 4.79 Å². The first-order chi connectivity index (χ1) is 6.25. The number of carbonyl (C=O) groups is 1. The number of methoxy groups -OCH3 is 1. The molecule has 2 nitrogen and oxygen atoms in total. The predicted molar refractivity (Wildman–Crippen MR) is 52.3 cm³/mol. The Morgan fingerprint density at radius 1 is 1.31 bits per heavy atom. The van der Waals surface area contributed by atoms with Gasteiger partial charge in [-0.1, -0.05) is 19.1 Å². The smallest absolute Gasteiger partial charge is 0.308 e. The first kappa shape index (κ1) is 10.3. The summed E-state index contributed by atoms with van der Waals surface area (Å²) >= 11 is 0. The number of allylic oxidation sites excluding steroid dienone is 2. The van der Waals surface area contributed by atoms with Crippen molar-refractivity contribution < 1.29 is 9.53 Å². The Labute approximate surface area is 80.0 Å². The number of hydrogen-bond donors (Lipinski definition) is 0. The van der Waals surface area contributed by atoms with E-state index in [1.165, 1.54) is 7.11 Å². The summed E-state index contributed by atoms with van der Waals surface area (Å²) in [5, 5.41) is 0. The van der Waals surface area contributed by atoms with Crippen LogP contribution in [0, 0.1) is 11.8 Å². The highest BCUT2D eigenvalue weighted by Gasteiger charge is 2.25. The number of esters is 1. The summed E-state index contributed by atoms with van der Waals surface area (Å²) in [4.78, 5) is 11.4. The molecule has 2 atom stereocenters. The number of carbonyl (C=O) groups excluding carboxylic acids is 1. The lowest BCUT2D eigenvalue weighted by atomic mass is 9.85. The molecule has 0 aliphatic heterocycles. The molecule has 0 saturated heterocycles. The highest BCUT2D eigenvalue weighted by atomic mass is 16.5. The van der Waals surface area contributed by atoms with Crippen LogP contribution in [0.3, 0.4) is 0 Å². The van der Waals surface area contributed by atoms with Gasteiger partial charge in [0.25, 0.3) is 0 Å². The molecule has 74 valence electrons. The Morgan fingerprint density at radius 3 is 2.54 bits per heavy atom. The molecule has 0 amide bonds.